The molecule has 0 bridgehead atoms. The second kappa shape index (κ2) is 11.1. The van der Waals surface area contributed by atoms with Crippen molar-refractivity contribution in [2.45, 2.75) is 44.4 Å². The summed E-state index contributed by atoms with van der Waals surface area (Å²) < 4.78 is 26.0. The van der Waals surface area contributed by atoms with Gasteiger partial charge in [-0.3, -0.25) is 4.79 Å². The number of amides is 1. The number of carbonyl (C=O) groups excluding carboxylic acids is 1. The highest BCUT2D eigenvalue weighted by molar-refractivity contribution is 5.99. The Bertz CT molecular complexity index is 912. The first-order chi connectivity index (χ1) is 16.1. The van der Waals surface area contributed by atoms with Gasteiger partial charge in [0.2, 0.25) is 5.91 Å². The van der Waals surface area contributed by atoms with Crippen LogP contribution in [0.3, 0.4) is 0 Å². The van der Waals surface area contributed by atoms with Gasteiger partial charge in [-0.2, -0.15) is 0 Å². The van der Waals surface area contributed by atoms with E-state index in [1.165, 1.54) is 32.0 Å². The maximum Gasteiger partial charge on any atom is 0.235 e. The van der Waals surface area contributed by atoms with Gasteiger partial charge in [0.1, 0.15) is 11.6 Å². The van der Waals surface area contributed by atoms with Gasteiger partial charge in [-0.1, -0.05) is 25.1 Å². The summed E-state index contributed by atoms with van der Waals surface area (Å²) in [6.45, 7) is 7.32. The van der Waals surface area contributed by atoms with Crippen LogP contribution >= 0.6 is 0 Å². The zero-order valence-corrected chi connectivity index (χ0v) is 19.5. The van der Waals surface area contributed by atoms with E-state index in [2.05, 4.69) is 17.1 Å². The lowest BCUT2D eigenvalue weighted by Crippen LogP contribution is -2.45. The van der Waals surface area contributed by atoms with Crippen molar-refractivity contribution in [2.75, 3.05) is 44.8 Å². The molecular formula is C27H35FN2O3. The van der Waals surface area contributed by atoms with E-state index in [0.717, 1.165) is 24.6 Å². The molecule has 1 N–H and O–H groups in total. The number of carbonyl (C=O) groups is 1. The van der Waals surface area contributed by atoms with E-state index in [1.54, 1.807) is 18.2 Å². The van der Waals surface area contributed by atoms with Gasteiger partial charge >= 0.3 is 0 Å². The van der Waals surface area contributed by atoms with E-state index in [0.29, 0.717) is 43.9 Å². The Morgan fingerprint density at radius 2 is 1.94 bits per heavy atom. The molecule has 2 heterocycles. The fourth-order valence-electron chi connectivity index (χ4n) is 5.04. The third kappa shape index (κ3) is 5.92. The second-order valence-corrected chi connectivity index (χ2v) is 9.40. The zero-order valence-electron chi connectivity index (χ0n) is 19.5. The van der Waals surface area contributed by atoms with Gasteiger partial charge in [0.25, 0.3) is 0 Å². The van der Waals surface area contributed by atoms with Crippen LogP contribution in [-0.4, -0.2) is 50.3 Å². The lowest BCUT2D eigenvalue weighted by atomic mass is 9.73. The van der Waals surface area contributed by atoms with Crippen molar-refractivity contribution in [2.24, 2.45) is 5.92 Å². The average molecular weight is 455 g/mol. The van der Waals surface area contributed by atoms with E-state index in [9.17, 15) is 9.18 Å². The van der Waals surface area contributed by atoms with E-state index < -0.39 is 5.41 Å². The summed E-state index contributed by atoms with van der Waals surface area (Å²) in [5, 5.41) is 3.00. The van der Waals surface area contributed by atoms with Gasteiger partial charge in [0, 0.05) is 37.6 Å². The Balaban J connectivity index is 1.32. The topological polar surface area (TPSA) is 50.8 Å². The van der Waals surface area contributed by atoms with Gasteiger partial charge in [0.05, 0.1) is 12.0 Å². The van der Waals surface area contributed by atoms with Crippen LogP contribution in [0.15, 0.2) is 48.5 Å². The van der Waals surface area contributed by atoms with E-state index in [-0.39, 0.29) is 11.7 Å². The van der Waals surface area contributed by atoms with Crippen LogP contribution in [0.4, 0.5) is 10.1 Å². The lowest BCUT2D eigenvalue weighted by Gasteiger charge is -2.36. The summed E-state index contributed by atoms with van der Waals surface area (Å²) in [5.74, 6) is 1.04. The molecule has 1 amide bonds. The summed E-state index contributed by atoms with van der Waals surface area (Å²) in [4.78, 5) is 15.9. The van der Waals surface area contributed by atoms with Crippen molar-refractivity contribution < 1.29 is 18.7 Å². The number of nitrogens with zero attached hydrogens (tertiary/aromatic N) is 1. The Kier molecular flexibility index (Phi) is 7.99. The van der Waals surface area contributed by atoms with Crippen LogP contribution in [0, 0.1) is 11.7 Å². The monoisotopic (exact) mass is 454 g/mol. The molecule has 5 nitrogen and oxygen atoms in total. The molecule has 178 valence electrons. The third-order valence-electron chi connectivity index (χ3n) is 6.91. The molecule has 2 aliphatic rings. The predicted octanol–water partition coefficient (Wildman–Crippen LogP) is 5.01. The second-order valence-electron chi connectivity index (χ2n) is 9.40. The summed E-state index contributed by atoms with van der Waals surface area (Å²) >= 11 is 0. The molecular weight excluding hydrogens is 419 g/mol. The van der Waals surface area contributed by atoms with Crippen molar-refractivity contribution in [1.29, 1.82) is 0 Å². The largest absolute Gasteiger partial charge is 0.494 e. The summed E-state index contributed by atoms with van der Waals surface area (Å²) in [6, 6.07) is 14.0. The van der Waals surface area contributed by atoms with Crippen molar-refractivity contribution in [1.82, 2.24) is 4.90 Å². The number of nitrogens with one attached hydrogen (secondary N) is 1. The first-order valence-electron chi connectivity index (χ1n) is 12.2. The Labute approximate surface area is 196 Å². The van der Waals surface area contributed by atoms with Gasteiger partial charge in [-0.15, -0.1) is 0 Å². The van der Waals surface area contributed by atoms with Crippen LogP contribution in [0.5, 0.6) is 5.75 Å². The van der Waals surface area contributed by atoms with Crippen molar-refractivity contribution in [3.8, 4) is 5.75 Å². The molecule has 2 fully saturated rings. The zero-order chi connectivity index (χ0) is 23.1. The Morgan fingerprint density at radius 3 is 2.67 bits per heavy atom. The van der Waals surface area contributed by atoms with Crippen molar-refractivity contribution in [3.05, 3.63) is 59.9 Å². The predicted molar refractivity (Wildman–Crippen MR) is 128 cm³/mol. The van der Waals surface area contributed by atoms with Crippen LogP contribution in [0.1, 0.15) is 44.6 Å². The molecule has 2 saturated heterocycles. The molecule has 0 radical (unpaired) electrons. The van der Waals surface area contributed by atoms with E-state index in [4.69, 9.17) is 9.47 Å². The number of hydrogen-bond acceptors (Lipinski definition) is 4. The molecule has 33 heavy (non-hydrogen) atoms. The molecule has 0 spiro atoms. The molecule has 2 aliphatic heterocycles. The third-order valence-corrected chi connectivity index (χ3v) is 6.91. The average Bonchev–Trinajstić information content (AvgIpc) is 2.83. The standard InChI is InChI=1S/C27H35FN2O3/c1-21-6-4-15-30(20-21)16-5-17-33-23-11-9-22(10-12-23)29-26(31)27(13-18-32-19-14-27)24-7-2-3-8-25(24)28/h2-3,7-12,21H,4-6,13-20H2,1H3,(H,29,31)/t21-/m1/s1. The minimum atomic E-state index is -0.926. The maximum absolute atomic E-state index is 14.6. The number of halogens is 1. The van der Waals surface area contributed by atoms with Crippen molar-refractivity contribution >= 4 is 11.6 Å². The fourth-order valence-corrected chi connectivity index (χ4v) is 5.04. The Hall–Kier alpha value is -2.44. The quantitative estimate of drug-likeness (QED) is 0.570. The normalized spacial score (nSPS) is 20.8. The van der Waals surface area contributed by atoms with Crippen LogP contribution in [0.25, 0.3) is 0 Å². The summed E-state index contributed by atoms with van der Waals surface area (Å²) in [5.41, 5.74) is 0.191. The molecule has 2 aromatic carbocycles. The maximum atomic E-state index is 14.6. The highest BCUT2D eigenvalue weighted by Crippen LogP contribution is 2.37. The van der Waals surface area contributed by atoms with E-state index in [1.807, 2.05) is 24.3 Å². The Morgan fingerprint density at radius 1 is 1.18 bits per heavy atom. The first kappa shape index (κ1) is 23.7. The SMILES string of the molecule is C[C@@H]1CCCN(CCCOc2ccc(NC(=O)C3(c4ccccc4F)CCOCC3)cc2)C1. The minimum absolute atomic E-state index is 0.194. The van der Waals surface area contributed by atoms with Gasteiger partial charge in [-0.25, -0.2) is 4.39 Å². The van der Waals surface area contributed by atoms with Crippen LogP contribution in [-0.2, 0) is 14.9 Å². The first-order valence-corrected chi connectivity index (χ1v) is 12.2. The number of likely N-dealkylation sites (tertiary alicyclic amines) is 1. The number of piperidine rings is 1. The summed E-state index contributed by atoms with van der Waals surface area (Å²) in [6.07, 6.45) is 4.54. The minimum Gasteiger partial charge on any atom is -0.494 e. The highest BCUT2D eigenvalue weighted by Gasteiger charge is 2.43. The molecule has 4 rings (SSSR count). The highest BCUT2D eigenvalue weighted by atomic mass is 19.1. The van der Waals surface area contributed by atoms with Gasteiger partial charge < -0.3 is 19.7 Å². The lowest BCUT2D eigenvalue weighted by molar-refractivity contribution is -0.125. The molecule has 0 saturated carbocycles. The van der Waals surface area contributed by atoms with Crippen LogP contribution in [0.2, 0.25) is 0 Å². The molecule has 0 aliphatic carbocycles. The molecule has 6 heteroatoms. The summed E-state index contributed by atoms with van der Waals surface area (Å²) in [7, 11) is 0. The fraction of sp³-hybridized carbons (Fsp3) is 0.519. The number of ether oxygens (including phenoxy) is 2. The smallest absolute Gasteiger partial charge is 0.235 e. The number of benzene rings is 2. The van der Waals surface area contributed by atoms with E-state index >= 15 is 0 Å². The molecule has 0 aromatic heterocycles. The molecule has 2 aromatic rings. The van der Waals surface area contributed by atoms with Gasteiger partial charge in [0.15, 0.2) is 0 Å². The number of rotatable bonds is 8. The van der Waals surface area contributed by atoms with Crippen LogP contribution < -0.4 is 10.1 Å². The van der Waals surface area contributed by atoms with Crippen molar-refractivity contribution in [3.63, 3.8) is 0 Å². The number of anilines is 1. The van der Waals surface area contributed by atoms with Gasteiger partial charge in [-0.05, 0) is 74.9 Å². The molecule has 1 atom stereocenters. The molecule has 0 unspecified atom stereocenters. The number of hydrogen-bond donors (Lipinski definition) is 1.